The zero-order chi connectivity index (χ0) is 13.1. The van der Waals surface area contributed by atoms with Crippen LogP contribution in [0.4, 0.5) is 8.78 Å². The van der Waals surface area contributed by atoms with Gasteiger partial charge in [0.1, 0.15) is 23.4 Å². The van der Waals surface area contributed by atoms with Crippen molar-refractivity contribution in [1.82, 2.24) is 4.98 Å². The normalized spacial score (nSPS) is 11.8. The fourth-order valence-corrected chi connectivity index (χ4v) is 2.38. The topological polar surface area (TPSA) is 53.8 Å². The smallest absolute Gasteiger partial charge is 0.140 e. The van der Waals surface area contributed by atoms with E-state index in [-0.39, 0.29) is 15.5 Å². The van der Waals surface area contributed by atoms with Crippen LogP contribution in [0.5, 0.6) is 0 Å². The summed E-state index contributed by atoms with van der Waals surface area (Å²) in [7, 11) is -1.73. The summed E-state index contributed by atoms with van der Waals surface area (Å²) in [5.41, 5.74) is 0.182. The van der Waals surface area contributed by atoms with Crippen molar-refractivity contribution in [3.8, 4) is 6.07 Å². The number of nitriles is 1. The van der Waals surface area contributed by atoms with E-state index < -0.39 is 22.4 Å². The summed E-state index contributed by atoms with van der Waals surface area (Å²) in [6.45, 7) is 0. The molecule has 0 aliphatic carbocycles. The molecule has 0 aliphatic heterocycles. The van der Waals surface area contributed by atoms with Gasteiger partial charge in [-0.05, 0) is 24.3 Å². The average molecular weight is 264 g/mol. The van der Waals surface area contributed by atoms with E-state index in [0.29, 0.717) is 6.07 Å². The summed E-state index contributed by atoms with van der Waals surface area (Å²) in [6, 6.07) is 7.35. The molecule has 18 heavy (non-hydrogen) atoms. The number of benzene rings is 1. The Labute approximate surface area is 104 Å². The second-order valence-electron chi connectivity index (χ2n) is 3.36. The fraction of sp³-hybridized carbons (Fsp3) is 0. The molecule has 2 rings (SSSR count). The standard InChI is InChI=1S/C12H6F2N2OS/c13-8-3-9(14)5-12(4-8)18(17)11-2-1-10(6-15)16-7-11/h1-5,7H. The SMILES string of the molecule is N#Cc1ccc(S(=O)c2cc(F)cc(F)c2)cn1. The minimum Gasteiger partial charge on any atom is -0.249 e. The Kier molecular flexibility index (Phi) is 3.44. The van der Waals surface area contributed by atoms with Gasteiger partial charge in [0.15, 0.2) is 0 Å². The first-order valence-corrected chi connectivity index (χ1v) is 5.99. The molecule has 6 heteroatoms. The van der Waals surface area contributed by atoms with E-state index in [1.807, 2.05) is 6.07 Å². The van der Waals surface area contributed by atoms with Crippen LogP contribution in [0.25, 0.3) is 0 Å². The minimum atomic E-state index is -1.73. The Morgan fingerprint density at radius 3 is 2.28 bits per heavy atom. The van der Waals surface area contributed by atoms with Gasteiger partial charge in [0.05, 0.1) is 15.7 Å². The first-order valence-electron chi connectivity index (χ1n) is 4.84. The monoisotopic (exact) mass is 264 g/mol. The Hall–Kier alpha value is -2.13. The van der Waals surface area contributed by atoms with E-state index >= 15 is 0 Å². The third-order valence-corrected chi connectivity index (χ3v) is 3.45. The van der Waals surface area contributed by atoms with Crippen molar-refractivity contribution in [2.45, 2.75) is 9.79 Å². The predicted molar refractivity (Wildman–Crippen MR) is 60.0 cm³/mol. The van der Waals surface area contributed by atoms with Crippen LogP contribution < -0.4 is 0 Å². The quantitative estimate of drug-likeness (QED) is 0.836. The van der Waals surface area contributed by atoms with Crippen molar-refractivity contribution >= 4 is 10.8 Å². The summed E-state index contributed by atoms with van der Waals surface area (Å²) in [5, 5.41) is 8.57. The van der Waals surface area contributed by atoms with Gasteiger partial charge in [-0.25, -0.2) is 18.0 Å². The average Bonchev–Trinajstić information content (AvgIpc) is 2.37. The van der Waals surface area contributed by atoms with Gasteiger partial charge in [-0.2, -0.15) is 5.26 Å². The molecule has 0 saturated heterocycles. The molecule has 3 nitrogen and oxygen atoms in total. The van der Waals surface area contributed by atoms with Crippen molar-refractivity contribution in [1.29, 1.82) is 5.26 Å². The highest BCUT2D eigenvalue weighted by molar-refractivity contribution is 7.85. The molecule has 0 saturated carbocycles. The molecule has 1 aromatic carbocycles. The van der Waals surface area contributed by atoms with Gasteiger partial charge in [0.2, 0.25) is 0 Å². The van der Waals surface area contributed by atoms with Gasteiger partial charge in [0, 0.05) is 17.2 Å². The number of pyridine rings is 1. The zero-order valence-corrected chi connectivity index (χ0v) is 9.75. The van der Waals surface area contributed by atoms with Gasteiger partial charge in [-0.3, -0.25) is 0 Å². The molecule has 0 fully saturated rings. The van der Waals surface area contributed by atoms with E-state index in [1.165, 1.54) is 18.3 Å². The first kappa shape index (κ1) is 12.3. The third kappa shape index (κ3) is 2.57. The number of hydrogen-bond donors (Lipinski definition) is 0. The van der Waals surface area contributed by atoms with Crippen molar-refractivity contribution in [3.05, 3.63) is 53.9 Å². The highest BCUT2D eigenvalue weighted by Crippen LogP contribution is 2.18. The molecule has 1 unspecified atom stereocenters. The highest BCUT2D eigenvalue weighted by atomic mass is 32.2. The van der Waals surface area contributed by atoms with Gasteiger partial charge < -0.3 is 0 Å². The fourth-order valence-electron chi connectivity index (χ4n) is 1.33. The molecule has 2 aromatic rings. The lowest BCUT2D eigenvalue weighted by atomic mass is 10.3. The molecule has 0 amide bonds. The lowest BCUT2D eigenvalue weighted by molar-refractivity contribution is 0.576. The molecule has 90 valence electrons. The van der Waals surface area contributed by atoms with Crippen molar-refractivity contribution in [2.75, 3.05) is 0 Å². The molecule has 1 heterocycles. The number of hydrogen-bond acceptors (Lipinski definition) is 3. The van der Waals surface area contributed by atoms with Crippen molar-refractivity contribution in [3.63, 3.8) is 0 Å². The largest absolute Gasteiger partial charge is 0.249 e. The van der Waals surface area contributed by atoms with Crippen LogP contribution in [-0.4, -0.2) is 9.19 Å². The van der Waals surface area contributed by atoms with Crippen LogP contribution in [0.2, 0.25) is 0 Å². The molecule has 1 atom stereocenters. The highest BCUT2D eigenvalue weighted by Gasteiger charge is 2.10. The summed E-state index contributed by atoms with van der Waals surface area (Å²) in [4.78, 5) is 4.04. The number of halogens is 2. The summed E-state index contributed by atoms with van der Waals surface area (Å²) < 4.78 is 38.0. The Morgan fingerprint density at radius 2 is 1.78 bits per heavy atom. The van der Waals surface area contributed by atoms with Crippen molar-refractivity contribution in [2.24, 2.45) is 0 Å². The third-order valence-electron chi connectivity index (χ3n) is 2.12. The maximum atomic E-state index is 13.0. The van der Waals surface area contributed by atoms with Crippen LogP contribution in [0, 0.1) is 23.0 Å². The van der Waals surface area contributed by atoms with E-state index in [0.717, 1.165) is 12.1 Å². The molecule has 0 radical (unpaired) electrons. The Bertz CT molecular complexity index is 630. The molecule has 0 aliphatic rings. The summed E-state index contributed by atoms with van der Waals surface area (Å²) in [5.74, 6) is -1.58. The lowest BCUT2D eigenvalue weighted by Crippen LogP contribution is -1.96. The number of nitrogens with zero attached hydrogens (tertiary/aromatic N) is 2. The van der Waals surface area contributed by atoms with Gasteiger partial charge >= 0.3 is 0 Å². The summed E-state index contributed by atoms with van der Waals surface area (Å²) in [6.07, 6.45) is 1.25. The minimum absolute atomic E-state index is 0.0130. The molecular formula is C12H6F2N2OS. The first-order chi connectivity index (χ1) is 8.60. The van der Waals surface area contributed by atoms with Gasteiger partial charge in [0.25, 0.3) is 0 Å². The second-order valence-corrected chi connectivity index (χ2v) is 4.85. The molecule has 0 spiro atoms. The molecular weight excluding hydrogens is 258 g/mol. The van der Waals surface area contributed by atoms with Crippen LogP contribution in [0.15, 0.2) is 46.3 Å². The predicted octanol–water partition coefficient (Wildman–Crippen LogP) is 2.40. The van der Waals surface area contributed by atoms with Crippen LogP contribution >= 0.6 is 0 Å². The second kappa shape index (κ2) is 5.02. The number of aromatic nitrogens is 1. The Balaban J connectivity index is 2.38. The van der Waals surface area contributed by atoms with E-state index in [4.69, 9.17) is 5.26 Å². The van der Waals surface area contributed by atoms with Crippen molar-refractivity contribution < 1.29 is 13.0 Å². The van der Waals surface area contributed by atoms with E-state index in [1.54, 1.807) is 0 Å². The van der Waals surface area contributed by atoms with Crippen LogP contribution in [0.1, 0.15) is 5.69 Å². The molecule has 0 N–H and O–H groups in total. The van der Waals surface area contributed by atoms with E-state index in [9.17, 15) is 13.0 Å². The number of rotatable bonds is 2. The zero-order valence-electron chi connectivity index (χ0n) is 8.93. The van der Waals surface area contributed by atoms with Gasteiger partial charge in [-0.1, -0.05) is 0 Å². The molecule has 0 bridgehead atoms. The Morgan fingerprint density at radius 1 is 1.11 bits per heavy atom. The summed E-state index contributed by atoms with van der Waals surface area (Å²) >= 11 is 0. The van der Waals surface area contributed by atoms with Gasteiger partial charge in [-0.15, -0.1) is 0 Å². The maximum absolute atomic E-state index is 13.0. The maximum Gasteiger partial charge on any atom is 0.140 e. The molecule has 1 aromatic heterocycles. The lowest BCUT2D eigenvalue weighted by Gasteiger charge is -2.02. The van der Waals surface area contributed by atoms with Crippen LogP contribution in [-0.2, 0) is 10.8 Å². The van der Waals surface area contributed by atoms with E-state index in [2.05, 4.69) is 4.98 Å². The van der Waals surface area contributed by atoms with Crippen LogP contribution in [0.3, 0.4) is 0 Å².